The molecule has 1 unspecified atom stereocenters. The third kappa shape index (κ3) is 2.37. The van der Waals surface area contributed by atoms with Gasteiger partial charge in [-0.05, 0) is 56.0 Å². The zero-order chi connectivity index (χ0) is 14.3. The van der Waals surface area contributed by atoms with Crippen molar-refractivity contribution >= 4 is 49.0 Å². The molecule has 2 aromatic carbocycles. The summed E-state index contributed by atoms with van der Waals surface area (Å²) in [5, 5.41) is 3.24. The van der Waals surface area contributed by atoms with Gasteiger partial charge in [0.1, 0.15) is 5.82 Å². The van der Waals surface area contributed by atoms with Crippen LogP contribution in [-0.2, 0) is 0 Å². The van der Waals surface area contributed by atoms with Crippen molar-refractivity contribution in [1.82, 2.24) is 0 Å². The molecule has 1 atom stereocenters. The second-order valence-electron chi connectivity index (χ2n) is 4.46. The quantitative estimate of drug-likeness (QED) is 0.633. The second kappa shape index (κ2) is 5.45. The predicted molar refractivity (Wildman–Crippen MR) is 87.0 cm³/mol. The molecule has 3 aromatic rings. The summed E-state index contributed by atoms with van der Waals surface area (Å²) in [7, 11) is 0. The van der Waals surface area contributed by atoms with Crippen LogP contribution in [0.2, 0.25) is 5.02 Å². The zero-order valence-corrected chi connectivity index (χ0v) is 13.4. The van der Waals surface area contributed by atoms with E-state index in [2.05, 4.69) is 15.9 Å². The summed E-state index contributed by atoms with van der Waals surface area (Å²) in [6.07, 6.45) is 0. The summed E-state index contributed by atoms with van der Waals surface area (Å²) in [5.41, 5.74) is 8.13. The van der Waals surface area contributed by atoms with Gasteiger partial charge in [-0.15, -0.1) is 11.3 Å². The van der Waals surface area contributed by atoms with Gasteiger partial charge in [0.15, 0.2) is 0 Å². The number of rotatable bonds is 2. The number of nitrogens with two attached hydrogens (primary N) is 1. The molecule has 3 rings (SSSR count). The molecule has 0 aliphatic heterocycles. The third-order valence-corrected chi connectivity index (χ3v) is 5.48. The molecule has 0 saturated heterocycles. The van der Waals surface area contributed by atoms with E-state index in [1.54, 1.807) is 23.5 Å². The van der Waals surface area contributed by atoms with Gasteiger partial charge in [-0.1, -0.05) is 29.8 Å². The lowest BCUT2D eigenvalue weighted by atomic mass is 9.99. The van der Waals surface area contributed by atoms with Crippen molar-refractivity contribution in [3.05, 3.63) is 68.2 Å². The number of halogens is 3. The Hall–Kier alpha value is -0.940. The Balaban J connectivity index is 2.10. The average Bonchev–Trinajstić information content (AvgIpc) is 2.86. The molecule has 0 aliphatic rings. The first-order valence-corrected chi connectivity index (χ1v) is 7.99. The van der Waals surface area contributed by atoms with E-state index in [0.717, 1.165) is 25.7 Å². The highest BCUT2D eigenvalue weighted by atomic mass is 79.9. The lowest BCUT2D eigenvalue weighted by Gasteiger charge is -2.12. The first-order chi connectivity index (χ1) is 9.58. The van der Waals surface area contributed by atoms with Gasteiger partial charge in [-0.3, -0.25) is 0 Å². The third-order valence-electron chi connectivity index (χ3n) is 3.22. The normalized spacial score (nSPS) is 12.8. The number of hydrogen-bond donors (Lipinski definition) is 1. The molecule has 0 saturated carbocycles. The maximum Gasteiger partial charge on any atom is 0.141 e. The molecule has 2 N–H and O–H groups in total. The van der Waals surface area contributed by atoms with Gasteiger partial charge < -0.3 is 5.73 Å². The minimum absolute atomic E-state index is 0.0960. The van der Waals surface area contributed by atoms with Crippen LogP contribution in [0.4, 0.5) is 4.39 Å². The van der Waals surface area contributed by atoms with Gasteiger partial charge in [0.05, 0.1) is 11.1 Å². The average molecular weight is 371 g/mol. The molecule has 0 aliphatic carbocycles. The maximum absolute atomic E-state index is 13.2. The molecule has 20 heavy (non-hydrogen) atoms. The smallest absolute Gasteiger partial charge is 0.141 e. The van der Waals surface area contributed by atoms with E-state index >= 15 is 0 Å². The standard InChI is InChI=1S/C15H10BrClFNS/c16-11-3-1-2-9-10(7-20-15(9)11)14(19)8-4-5-13(18)12(17)6-8/h1-7,14H,19H2. The van der Waals surface area contributed by atoms with Crippen molar-refractivity contribution in [2.75, 3.05) is 0 Å². The highest BCUT2D eigenvalue weighted by Gasteiger charge is 2.16. The van der Waals surface area contributed by atoms with E-state index in [1.165, 1.54) is 6.07 Å². The van der Waals surface area contributed by atoms with Crippen LogP contribution in [0.25, 0.3) is 10.1 Å². The van der Waals surface area contributed by atoms with E-state index in [1.807, 2.05) is 23.6 Å². The van der Waals surface area contributed by atoms with Crippen LogP contribution in [0, 0.1) is 5.82 Å². The SMILES string of the molecule is NC(c1ccc(F)c(Cl)c1)c1csc2c(Br)cccc12. The molecule has 1 aromatic heterocycles. The summed E-state index contributed by atoms with van der Waals surface area (Å²) >= 11 is 11.0. The summed E-state index contributed by atoms with van der Waals surface area (Å²) in [4.78, 5) is 0. The van der Waals surface area contributed by atoms with E-state index in [0.29, 0.717) is 0 Å². The fourth-order valence-corrected chi connectivity index (χ4v) is 4.02. The first-order valence-electron chi connectivity index (χ1n) is 5.94. The molecule has 0 bridgehead atoms. The Labute approximate surface area is 133 Å². The van der Waals surface area contributed by atoms with Crippen LogP contribution in [0.5, 0.6) is 0 Å². The van der Waals surface area contributed by atoms with Gasteiger partial charge in [0, 0.05) is 9.17 Å². The molecule has 0 spiro atoms. The molecule has 1 heterocycles. The fraction of sp³-hybridized carbons (Fsp3) is 0.0667. The second-order valence-corrected chi connectivity index (χ2v) is 6.60. The van der Waals surface area contributed by atoms with E-state index < -0.39 is 5.82 Å². The largest absolute Gasteiger partial charge is 0.320 e. The van der Waals surface area contributed by atoms with Gasteiger partial charge in [0.2, 0.25) is 0 Å². The molecule has 5 heteroatoms. The van der Waals surface area contributed by atoms with Crippen LogP contribution in [-0.4, -0.2) is 0 Å². The van der Waals surface area contributed by atoms with Crippen molar-refractivity contribution < 1.29 is 4.39 Å². The monoisotopic (exact) mass is 369 g/mol. The van der Waals surface area contributed by atoms with Gasteiger partial charge >= 0.3 is 0 Å². The summed E-state index contributed by atoms with van der Waals surface area (Å²) < 4.78 is 15.4. The summed E-state index contributed by atoms with van der Waals surface area (Å²) in [6.45, 7) is 0. The van der Waals surface area contributed by atoms with Crippen LogP contribution in [0.3, 0.4) is 0 Å². The topological polar surface area (TPSA) is 26.0 Å². The number of benzene rings is 2. The minimum Gasteiger partial charge on any atom is -0.320 e. The van der Waals surface area contributed by atoms with Gasteiger partial charge in [-0.25, -0.2) is 4.39 Å². The number of fused-ring (bicyclic) bond motifs is 1. The fourth-order valence-electron chi connectivity index (χ4n) is 2.17. The van der Waals surface area contributed by atoms with Gasteiger partial charge in [0.25, 0.3) is 0 Å². The van der Waals surface area contributed by atoms with Crippen molar-refractivity contribution in [1.29, 1.82) is 0 Å². The zero-order valence-electron chi connectivity index (χ0n) is 10.2. The van der Waals surface area contributed by atoms with Crippen LogP contribution < -0.4 is 5.73 Å². The van der Waals surface area contributed by atoms with Gasteiger partial charge in [-0.2, -0.15) is 0 Å². The van der Waals surface area contributed by atoms with E-state index in [-0.39, 0.29) is 11.1 Å². The summed E-state index contributed by atoms with van der Waals surface area (Å²) in [6, 6.07) is 10.3. The molecule has 0 amide bonds. The van der Waals surface area contributed by atoms with Crippen LogP contribution in [0.1, 0.15) is 17.2 Å². The highest BCUT2D eigenvalue weighted by molar-refractivity contribution is 9.10. The number of hydrogen-bond acceptors (Lipinski definition) is 2. The Morgan fingerprint density at radius 2 is 2.05 bits per heavy atom. The molecular formula is C15H10BrClFNS. The Morgan fingerprint density at radius 1 is 1.25 bits per heavy atom. The van der Waals surface area contributed by atoms with Crippen molar-refractivity contribution in [3.63, 3.8) is 0 Å². The molecule has 0 radical (unpaired) electrons. The van der Waals surface area contributed by atoms with E-state index in [4.69, 9.17) is 17.3 Å². The lowest BCUT2D eigenvalue weighted by molar-refractivity contribution is 0.627. The molecule has 102 valence electrons. The molecule has 0 fully saturated rings. The maximum atomic E-state index is 13.2. The van der Waals surface area contributed by atoms with Crippen LogP contribution >= 0.6 is 38.9 Å². The van der Waals surface area contributed by atoms with E-state index in [9.17, 15) is 4.39 Å². The Kier molecular flexibility index (Phi) is 3.82. The minimum atomic E-state index is -0.430. The Bertz CT molecular complexity index is 787. The lowest BCUT2D eigenvalue weighted by Crippen LogP contribution is -2.11. The van der Waals surface area contributed by atoms with Crippen molar-refractivity contribution in [2.24, 2.45) is 5.73 Å². The van der Waals surface area contributed by atoms with Crippen LogP contribution in [0.15, 0.2) is 46.3 Å². The first kappa shape index (κ1) is 14.0. The number of thiophene rings is 1. The van der Waals surface area contributed by atoms with Crippen molar-refractivity contribution in [3.8, 4) is 0 Å². The van der Waals surface area contributed by atoms with Crippen molar-refractivity contribution in [2.45, 2.75) is 6.04 Å². The molecule has 1 nitrogen and oxygen atoms in total. The molecular weight excluding hydrogens is 361 g/mol. The highest BCUT2D eigenvalue weighted by Crippen LogP contribution is 2.36. The summed E-state index contributed by atoms with van der Waals surface area (Å²) in [5.74, 6) is -0.430. The predicted octanol–water partition coefficient (Wildman–Crippen LogP) is 5.50. The Morgan fingerprint density at radius 3 is 2.80 bits per heavy atom.